The topological polar surface area (TPSA) is 0 Å². The molecule has 0 N–H and O–H groups in total. The van der Waals surface area contributed by atoms with Crippen LogP contribution in [0.1, 0.15) is 65.2 Å². The van der Waals surface area contributed by atoms with E-state index in [-0.39, 0.29) is 0 Å². The van der Waals surface area contributed by atoms with Gasteiger partial charge in [0.25, 0.3) is 0 Å². The molecule has 1 aliphatic carbocycles. The Labute approximate surface area is 77.7 Å². The molecule has 0 spiro atoms. The van der Waals surface area contributed by atoms with Crippen LogP contribution in [0.15, 0.2) is 0 Å². The van der Waals surface area contributed by atoms with Crippen LogP contribution in [-0.2, 0) is 0 Å². The number of rotatable bonds is 4. The molecule has 0 nitrogen and oxygen atoms in total. The van der Waals surface area contributed by atoms with Crippen molar-refractivity contribution >= 4 is 0 Å². The Morgan fingerprint density at radius 1 is 1.17 bits per heavy atom. The zero-order valence-electron chi connectivity index (χ0n) is 8.81. The number of hydrogen-bond acceptors (Lipinski definition) is 0. The summed E-state index contributed by atoms with van der Waals surface area (Å²) in [5.74, 6) is 2.10. The van der Waals surface area contributed by atoms with E-state index in [9.17, 15) is 0 Å². The number of unbranched alkanes of at least 4 members (excludes halogenated alkanes) is 2. The summed E-state index contributed by atoms with van der Waals surface area (Å²) in [6.45, 7) is 4.72. The second-order valence-electron chi connectivity index (χ2n) is 4.63. The fraction of sp³-hybridized carbons (Fsp3) is 1.00. The van der Waals surface area contributed by atoms with Crippen molar-refractivity contribution in [2.24, 2.45) is 11.8 Å². The monoisotopic (exact) mass is 168 g/mol. The molecule has 0 aliphatic heterocycles. The van der Waals surface area contributed by atoms with Gasteiger partial charge in [0.1, 0.15) is 0 Å². The molecule has 1 unspecified atom stereocenters. The summed E-state index contributed by atoms with van der Waals surface area (Å²) in [7, 11) is 0. The van der Waals surface area contributed by atoms with E-state index in [0.717, 1.165) is 11.8 Å². The first-order valence-corrected chi connectivity index (χ1v) is 5.83. The largest absolute Gasteiger partial charge is 0.0654 e. The molecule has 72 valence electrons. The Hall–Kier alpha value is 0. The standard InChI is InChI=1S/C12H24/c1-3-4-5-8-12-9-6-7-11(2)10-12/h11-12H,3-10H2,1-2H3/t11?,12-/m0/s1. The second-order valence-corrected chi connectivity index (χ2v) is 4.63. The molecule has 0 aromatic rings. The average Bonchev–Trinajstić information content (AvgIpc) is 2.05. The van der Waals surface area contributed by atoms with Crippen LogP contribution in [0.5, 0.6) is 0 Å². The van der Waals surface area contributed by atoms with Gasteiger partial charge in [-0.1, -0.05) is 58.8 Å². The third kappa shape index (κ3) is 3.60. The SMILES string of the molecule is CCCCC[C@H]1CCCC(C)C1. The molecule has 0 radical (unpaired) electrons. The predicted octanol–water partition coefficient (Wildman–Crippen LogP) is 4.39. The van der Waals surface area contributed by atoms with E-state index < -0.39 is 0 Å². The van der Waals surface area contributed by atoms with E-state index in [1.165, 1.54) is 51.4 Å². The highest BCUT2D eigenvalue weighted by molar-refractivity contribution is 4.70. The fourth-order valence-electron chi connectivity index (χ4n) is 2.50. The van der Waals surface area contributed by atoms with Gasteiger partial charge in [0.2, 0.25) is 0 Å². The minimum Gasteiger partial charge on any atom is -0.0654 e. The first kappa shape index (κ1) is 10.1. The fourth-order valence-corrected chi connectivity index (χ4v) is 2.50. The van der Waals surface area contributed by atoms with Crippen LogP contribution in [0.25, 0.3) is 0 Å². The van der Waals surface area contributed by atoms with Crippen molar-refractivity contribution in [3.05, 3.63) is 0 Å². The summed E-state index contributed by atoms with van der Waals surface area (Å²) < 4.78 is 0. The summed E-state index contributed by atoms with van der Waals surface area (Å²) in [6.07, 6.45) is 11.8. The van der Waals surface area contributed by atoms with Crippen molar-refractivity contribution in [3.63, 3.8) is 0 Å². The van der Waals surface area contributed by atoms with Gasteiger partial charge < -0.3 is 0 Å². The summed E-state index contributed by atoms with van der Waals surface area (Å²) in [5, 5.41) is 0. The Bertz CT molecular complexity index is 107. The average molecular weight is 168 g/mol. The van der Waals surface area contributed by atoms with Crippen molar-refractivity contribution in [3.8, 4) is 0 Å². The van der Waals surface area contributed by atoms with E-state index >= 15 is 0 Å². The molecule has 0 aromatic heterocycles. The lowest BCUT2D eigenvalue weighted by Gasteiger charge is -2.26. The van der Waals surface area contributed by atoms with E-state index in [4.69, 9.17) is 0 Å². The van der Waals surface area contributed by atoms with Gasteiger partial charge in [-0.25, -0.2) is 0 Å². The molecule has 1 fully saturated rings. The van der Waals surface area contributed by atoms with Gasteiger partial charge in [0.05, 0.1) is 0 Å². The maximum atomic E-state index is 2.42. The van der Waals surface area contributed by atoms with Gasteiger partial charge in [-0.3, -0.25) is 0 Å². The maximum absolute atomic E-state index is 2.42. The Kier molecular flexibility index (Phi) is 4.72. The third-order valence-corrected chi connectivity index (χ3v) is 3.26. The zero-order chi connectivity index (χ0) is 8.81. The van der Waals surface area contributed by atoms with Crippen LogP contribution >= 0.6 is 0 Å². The first-order valence-electron chi connectivity index (χ1n) is 5.83. The van der Waals surface area contributed by atoms with Gasteiger partial charge in [-0.2, -0.15) is 0 Å². The van der Waals surface area contributed by atoms with Gasteiger partial charge in [0.15, 0.2) is 0 Å². The minimum atomic E-state index is 1.02. The van der Waals surface area contributed by atoms with E-state index in [1.807, 2.05) is 0 Å². The molecule has 0 heteroatoms. The highest BCUT2D eigenvalue weighted by Gasteiger charge is 2.17. The van der Waals surface area contributed by atoms with Crippen LogP contribution in [0, 0.1) is 11.8 Å². The third-order valence-electron chi connectivity index (χ3n) is 3.26. The lowest BCUT2D eigenvalue weighted by atomic mass is 9.80. The van der Waals surface area contributed by atoms with Gasteiger partial charge in [-0.05, 0) is 18.3 Å². The zero-order valence-corrected chi connectivity index (χ0v) is 8.81. The van der Waals surface area contributed by atoms with Gasteiger partial charge in [-0.15, -0.1) is 0 Å². The molecule has 1 saturated carbocycles. The summed E-state index contributed by atoms with van der Waals surface area (Å²) in [4.78, 5) is 0. The van der Waals surface area contributed by atoms with Crippen molar-refractivity contribution in [1.29, 1.82) is 0 Å². The molecular weight excluding hydrogens is 144 g/mol. The van der Waals surface area contributed by atoms with Gasteiger partial charge in [0, 0.05) is 0 Å². The molecule has 0 bridgehead atoms. The highest BCUT2D eigenvalue weighted by atomic mass is 14.2. The van der Waals surface area contributed by atoms with Crippen LogP contribution < -0.4 is 0 Å². The van der Waals surface area contributed by atoms with Crippen molar-refractivity contribution in [2.75, 3.05) is 0 Å². The molecule has 0 amide bonds. The lowest BCUT2D eigenvalue weighted by molar-refractivity contribution is 0.264. The van der Waals surface area contributed by atoms with Crippen molar-refractivity contribution in [1.82, 2.24) is 0 Å². The Morgan fingerprint density at radius 3 is 2.67 bits per heavy atom. The molecule has 1 aliphatic rings. The van der Waals surface area contributed by atoms with E-state index in [0.29, 0.717) is 0 Å². The Balaban J connectivity index is 2.06. The smallest absolute Gasteiger partial charge is 0.0412 e. The first-order chi connectivity index (χ1) is 5.83. The molecule has 1 rings (SSSR count). The predicted molar refractivity (Wildman–Crippen MR) is 55.3 cm³/mol. The maximum Gasteiger partial charge on any atom is -0.0412 e. The molecular formula is C12H24. The second kappa shape index (κ2) is 5.61. The molecule has 0 saturated heterocycles. The quantitative estimate of drug-likeness (QED) is 0.546. The van der Waals surface area contributed by atoms with E-state index in [2.05, 4.69) is 13.8 Å². The summed E-state index contributed by atoms with van der Waals surface area (Å²) in [5.41, 5.74) is 0. The van der Waals surface area contributed by atoms with Gasteiger partial charge >= 0.3 is 0 Å². The lowest BCUT2D eigenvalue weighted by Crippen LogP contribution is -2.12. The molecule has 2 atom stereocenters. The van der Waals surface area contributed by atoms with Crippen molar-refractivity contribution in [2.45, 2.75) is 65.2 Å². The molecule has 0 aromatic carbocycles. The molecule has 12 heavy (non-hydrogen) atoms. The highest BCUT2D eigenvalue weighted by Crippen LogP contribution is 2.31. The minimum absolute atomic E-state index is 1.02. The normalized spacial score (nSPS) is 30.5. The van der Waals surface area contributed by atoms with E-state index in [1.54, 1.807) is 0 Å². The Morgan fingerprint density at radius 2 is 2.00 bits per heavy atom. The summed E-state index contributed by atoms with van der Waals surface area (Å²) >= 11 is 0. The van der Waals surface area contributed by atoms with Crippen LogP contribution in [0.2, 0.25) is 0 Å². The van der Waals surface area contributed by atoms with Crippen molar-refractivity contribution < 1.29 is 0 Å². The number of hydrogen-bond donors (Lipinski definition) is 0. The van der Waals surface area contributed by atoms with Crippen LogP contribution in [0.4, 0.5) is 0 Å². The van der Waals surface area contributed by atoms with Crippen LogP contribution in [-0.4, -0.2) is 0 Å². The summed E-state index contributed by atoms with van der Waals surface area (Å²) in [6, 6.07) is 0. The molecule has 0 heterocycles. The van der Waals surface area contributed by atoms with Crippen LogP contribution in [0.3, 0.4) is 0 Å².